The lowest BCUT2D eigenvalue weighted by Gasteiger charge is -2.18. The first kappa shape index (κ1) is 26.4. The van der Waals surface area contributed by atoms with Crippen molar-refractivity contribution in [2.24, 2.45) is 5.41 Å². The largest absolute Gasteiger partial charge is 0.412 e. The summed E-state index contributed by atoms with van der Waals surface area (Å²) in [4.78, 5) is 10.8. The topological polar surface area (TPSA) is 48.6 Å². The lowest BCUT2D eigenvalue weighted by atomic mass is 9.85. The van der Waals surface area contributed by atoms with Crippen molar-refractivity contribution in [2.75, 3.05) is 0 Å². The molecule has 1 aromatic carbocycles. The third-order valence-corrected chi connectivity index (χ3v) is 3.16. The highest BCUT2D eigenvalue weighted by Crippen LogP contribution is 2.21. The lowest BCUT2D eigenvalue weighted by Crippen LogP contribution is -2.17. The summed E-state index contributed by atoms with van der Waals surface area (Å²) in [5, 5.41) is 0. The summed E-state index contributed by atoms with van der Waals surface area (Å²) in [6, 6.07) is 8.34. The smallest absolute Gasteiger partial charge is 0.125 e. The summed E-state index contributed by atoms with van der Waals surface area (Å²) in [5.74, 6) is 26.9. The Bertz CT molecular complexity index is 1000. The number of benzene rings is 1. The Morgan fingerprint density at radius 1 is 0.929 bits per heavy atom. The SMILES string of the molecule is C#CC#CC#CC#CC#CC#CC.CCc1ccccc1CC(C)(C)C=O.O.[HH].[HH].[HH].[HH].[HH].[HH].[HH]. The van der Waals surface area contributed by atoms with E-state index in [1.54, 1.807) is 6.92 Å². The summed E-state index contributed by atoms with van der Waals surface area (Å²) in [6.45, 7) is 7.81. The summed E-state index contributed by atoms with van der Waals surface area (Å²) in [6.07, 6.45) is 7.77. The average Bonchev–Trinajstić information content (AvgIpc) is 2.67. The van der Waals surface area contributed by atoms with Crippen LogP contribution in [0.15, 0.2) is 24.3 Å². The van der Waals surface area contributed by atoms with E-state index in [1.165, 1.54) is 11.1 Å². The zero-order valence-electron chi connectivity index (χ0n) is 16.8. The van der Waals surface area contributed by atoms with Crippen LogP contribution in [0.25, 0.3) is 0 Å². The van der Waals surface area contributed by atoms with Crippen LogP contribution in [0.5, 0.6) is 0 Å². The van der Waals surface area contributed by atoms with E-state index in [0.717, 1.165) is 19.1 Å². The van der Waals surface area contributed by atoms with Crippen LogP contribution in [0.2, 0.25) is 0 Å². The van der Waals surface area contributed by atoms with Crippen LogP contribution in [-0.4, -0.2) is 11.8 Å². The highest BCUT2D eigenvalue weighted by atomic mass is 16.1. The van der Waals surface area contributed by atoms with Crippen molar-refractivity contribution in [3.05, 3.63) is 35.4 Å². The van der Waals surface area contributed by atoms with Gasteiger partial charge in [0.2, 0.25) is 0 Å². The molecule has 0 amide bonds. The third-order valence-electron chi connectivity index (χ3n) is 3.16. The van der Waals surface area contributed by atoms with Gasteiger partial charge in [0.1, 0.15) is 6.29 Å². The molecule has 2 heteroatoms. The second kappa shape index (κ2) is 16.7. The normalized spacial score (nSPS) is 7.39. The summed E-state index contributed by atoms with van der Waals surface area (Å²) >= 11 is 0. The van der Waals surface area contributed by atoms with Crippen LogP contribution < -0.4 is 0 Å². The molecule has 0 unspecified atom stereocenters. The molecule has 1 rings (SSSR count). The van der Waals surface area contributed by atoms with Crippen molar-refractivity contribution in [3.8, 4) is 71.5 Å². The summed E-state index contributed by atoms with van der Waals surface area (Å²) in [5.41, 5.74) is 2.40. The van der Waals surface area contributed by atoms with E-state index in [0.29, 0.717) is 0 Å². The van der Waals surface area contributed by atoms with E-state index in [4.69, 9.17) is 6.42 Å². The Hall–Kier alpha value is -3.79. The first-order chi connectivity index (χ1) is 13.0. The van der Waals surface area contributed by atoms with Gasteiger partial charge in [-0.25, -0.2) is 0 Å². The quantitative estimate of drug-likeness (QED) is 0.556. The van der Waals surface area contributed by atoms with E-state index < -0.39 is 0 Å². The van der Waals surface area contributed by atoms with Gasteiger partial charge >= 0.3 is 0 Å². The first-order valence-electron chi connectivity index (χ1n) is 8.41. The maximum absolute atomic E-state index is 10.8. The van der Waals surface area contributed by atoms with Crippen molar-refractivity contribution in [3.63, 3.8) is 0 Å². The molecule has 2 nitrogen and oxygen atoms in total. The lowest BCUT2D eigenvalue weighted by molar-refractivity contribution is -0.114. The number of aldehydes is 1. The minimum absolute atomic E-state index is 0. The number of terminal acetylenes is 1. The van der Waals surface area contributed by atoms with Crippen LogP contribution in [-0.2, 0) is 17.6 Å². The van der Waals surface area contributed by atoms with E-state index >= 15 is 0 Å². The van der Waals surface area contributed by atoms with Crippen LogP contribution >= 0.6 is 0 Å². The van der Waals surface area contributed by atoms with Crippen molar-refractivity contribution < 1.29 is 20.3 Å². The number of hydrogen-bond acceptors (Lipinski definition) is 1. The van der Waals surface area contributed by atoms with Gasteiger partial charge in [0.15, 0.2) is 0 Å². The maximum Gasteiger partial charge on any atom is 0.125 e. The molecular weight excluding hydrogens is 344 g/mol. The zero-order chi connectivity index (χ0) is 20.4. The fraction of sp³-hybridized carbons (Fsp3) is 0.269. The molecule has 0 radical (unpaired) electrons. The van der Waals surface area contributed by atoms with Crippen LogP contribution in [0.4, 0.5) is 0 Å². The fourth-order valence-corrected chi connectivity index (χ4v) is 1.92. The molecule has 154 valence electrons. The summed E-state index contributed by atoms with van der Waals surface area (Å²) in [7, 11) is 0. The molecule has 0 aliphatic rings. The Kier molecular flexibility index (Phi) is 15.7. The minimum Gasteiger partial charge on any atom is -0.412 e. The molecule has 0 aromatic heterocycles. The molecule has 0 aliphatic carbocycles. The number of rotatable bonds is 4. The Labute approximate surface area is 180 Å². The average molecular weight is 383 g/mol. The van der Waals surface area contributed by atoms with Gasteiger partial charge in [-0.3, -0.25) is 0 Å². The Morgan fingerprint density at radius 3 is 1.82 bits per heavy atom. The van der Waals surface area contributed by atoms with Crippen LogP contribution in [0.1, 0.15) is 48.8 Å². The predicted octanol–water partition coefficient (Wildman–Crippen LogP) is 4.57. The van der Waals surface area contributed by atoms with Crippen molar-refractivity contribution in [1.29, 1.82) is 0 Å². The van der Waals surface area contributed by atoms with E-state index in [1.807, 2.05) is 19.9 Å². The number of carbonyl (C=O) groups excluding carboxylic acids is 1. The monoisotopic (exact) mass is 382 g/mol. The van der Waals surface area contributed by atoms with Crippen molar-refractivity contribution >= 4 is 6.29 Å². The molecule has 0 fully saturated rings. The van der Waals surface area contributed by atoms with Gasteiger partial charge in [0.05, 0.1) is 0 Å². The molecule has 2 N–H and O–H groups in total. The van der Waals surface area contributed by atoms with Gasteiger partial charge in [0.25, 0.3) is 0 Å². The van der Waals surface area contributed by atoms with Gasteiger partial charge < -0.3 is 10.3 Å². The molecule has 0 bridgehead atoms. The van der Waals surface area contributed by atoms with Gasteiger partial charge in [-0.05, 0) is 90.1 Å². The molecular formula is C26H38O2. The second-order valence-corrected chi connectivity index (χ2v) is 5.92. The van der Waals surface area contributed by atoms with Crippen molar-refractivity contribution in [2.45, 2.75) is 40.5 Å². The molecule has 0 saturated heterocycles. The maximum atomic E-state index is 10.8. The summed E-state index contributed by atoms with van der Waals surface area (Å²) < 4.78 is 0. The molecule has 1 aromatic rings. The molecule has 0 atom stereocenters. The first-order valence-corrected chi connectivity index (χ1v) is 8.41. The number of hydrogen-bond donors (Lipinski definition) is 0. The van der Waals surface area contributed by atoms with Crippen LogP contribution in [0, 0.1) is 77.0 Å². The fourth-order valence-electron chi connectivity index (χ4n) is 1.92. The highest BCUT2D eigenvalue weighted by Gasteiger charge is 2.18. The van der Waals surface area contributed by atoms with Gasteiger partial charge in [-0.2, -0.15) is 0 Å². The Morgan fingerprint density at radius 2 is 1.39 bits per heavy atom. The van der Waals surface area contributed by atoms with Crippen LogP contribution in [0.3, 0.4) is 0 Å². The van der Waals surface area contributed by atoms with Gasteiger partial charge in [0, 0.05) is 15.4 Å². The van der Waals surface area contributed by atoms with Crippen molar-refractivity contribution in [1.82, 2.24) is 0 Å². The second-order valence-electron chi connectivity index (χ2n) is 5.92. The molecule has 0 aliphatic heterocycles. The minimum atomic E-state index is -0.245. The van der Waals surface area contributed by atoms with E-state index in [2.05, 4.69) is 90.2 Å². The number of aryl methyl sites for hydroxylation is 1. The molecule has 0 heterocycles. The predicted molar refractivity (Wildman–Crippen MR) is 131 cm³/mol. The van der Waals surface area contributed by atoms with E-state index in [9.17, 15) is 4.79 Å². The van der Waals surface area contributed by atoms with Gasteiger partial charge in [-0.1, -0.05) is 51.0 Å². The molecule has 0 spiro atoms. The van der Waals surface area contributed by atoms with Gasteiger partial charge in [-0.15, -0.1) is 6.42 Å². The zero-order valence-corrected chi connectivity index (χ0v) is 16.8. The van der Waals surface area contributed by atoms with E-state index in [-0.39, 0.29) is 20.9 Å². The molecule has 0 saturated carbocycles. The number of carbonyl (C=O) groups is 1. The highest BCUT2D eigenvalue weighted by molar-refractivity contribution is 5.59. The standard InChI is InChI=1S/C13H18O.C13H4.H2O.7H2/c1-4-11-7-5-6-8-12(11)9-13(2,3)10-14;1-3-5-7-9-11-13-12-10-8-6-4-2;;;;;;;;/h5-8,10H,4,9H2,1-3H3;1H,2H3;1H2;7*1H. The Balaban J connectivity index is -0.0000000450. The third kappa shape index (κ3) is 13.5. The molecule has 28 heavy (non-hydrogen) atoms.